The van der Waals surface area contributed by atoms with Crippen molar-refractivity contribution in [2.75, 3.05) is 11.5 Å². The monoisotopic (exact) mass is 236 g/mol. The molecule has 3 N–H and O–H groups in total. The maximum Gasteiger partial charge on any atom is 0.219 e. The first-order valence-electron chi connectivity index (χ1n) is 5.35. The number of amides is 1. The van der Waals surface area contributed by atoms with E-state index in [0.717, 1.165) is 18.1 Å². The molecular formula is C12H16N2OS. The predicted octanol–water partition coefficient (Wildman–Crippen LogP) is 1.14. The van der Waals surface area contributed by atoms with Gasteiger partial charge in [-0.1, -0.05) is 30.3 Å². The number of nitrogens with one attached hydrogen (secondary N) is 1. The Balaban J connectivity index is 1.90. The third-order valence-electron chi connectivity index (χ3n) is 2.78. The molecule has 4 heteroatoms. The summed E-state index contributed by atoms with van der Waals surface area (Å²) in [7, 11) is 0. The van der Waals surface area contributed by atoms with Gasteiger partial charge >= 0.3 is 0 Å². The lowest BCUT2D eigenvalue weighted by molar-refractivity contribution is -0.119. The van der Waals surface area contributed by atoms with E-state index in [9.17, 15) is 4.79 Å². The van der Waals surface area contributed by atoms with Crippen molar-refractivity contribution in [2.24, 2.45) is 5.73 Å². The van der Waals surface area contributed by atoms with Crippen molar-refractivity contribution in [3.8, 4) is 0 Å². The van der Waals surface area contributed by atoms with Crippen molar-refractivity contribution in [1.82, 2.24) is 5.32 Å². The van der Waals surface area contributed by atoms with Gasteiger partial charge in [0.05, 0.1) is 0 Å². The number of hydrogen-bond acceptors (Lipinski definition) is 3. The molecule has 1 saturated heterocycles. The zero-order valence-corrected chi connectivity index (χ0v) is 9.93. The van der Waals surface area contributed by atoms with Crippen molar-refractivity contribution in [1.29, 1.82) is 0 Å². The summed E-state index contributed by atoms with van der Waals surface area (Å²) in [5, 5.41) is 3.46. The average molecular weight is 236 g/mol. The lowest BCUT2D eigenvalue weighted by Gasteiger charge is -2.41. The number of benzene rings is 1. The molecule has 16 heavy (non-hydrogen) atoms. The van der Waals surface area contributed by atoms with Crippen LogP contribution in [0.1, 0.15) is 12.0 Å². The van der Waals surface area contributed by atoms with Crippen molar-refractivity contribution >= 4 is 17.7 Å². The number of rotatable bonds is 5. The molecule has 2 rings (SSSR count). The Morgan fingerprint density at radius 1 is 1.38 bits per heavy atom. The predicted molar refractivity (Wildman–Crippen MR) is 67.1 cm³/mol. The van der Waals surface area contributed by atoms with Crippen LogP contribution in [0.4, 0.5) is 0 Å². The third-order valence-corrected chi connectivity index (χ3v) is 4.29. The second-order valence-corrected chi connectivity index (χ2v) is 5.24. The van der Waals surface area contributed by atoms with Gasteiger partial charge in [-0.05, 0) is 5.56 Å². The second kappa shape index (κ2) is 4.89. The molecule has 0 radical (unpaired) electrons. The molecule has 86 valence electrons. The summed E-state index contributed by atoms with van der Waals surface area (Å²) < 4.78 is 0. The van der Waals surface area contributed by atoms with E-state index in [1.54, 1.807) is 0 Å². The highest BCUT2D eigenvalue weighted by atomic mass is 32.2. The summed E-state index contributed by atoms with van der Waals surface area (Å²) in [4.78, 5) is 11.0. The molecule has 3 nitrogen and oxygen atoms in total. The van der Waals surface area contributed by atoms with Gasteiger partial charge in [0, 0.05) is 30.0 Å². The van der Waals surface area contributed by atoms with E-state index < -0.39 is 0 Å². The first-order chi connectivity index (χ1) is 7.70. The highest BCUT2D eigenvalue weighted by Crippen LogP contribution is 2.32. The van der Waals surface area contributed by atoms with Crippen LogP contribution in [-0.4, -0.2) is 23.0 Å². The summed E-state index contributed by atoms with van der Waals surface area (Å²) in [5.74, 6) is 1.73. The smallest absolute Gasteiger partial charge is 0.219 e. The highest BCUT2D eigenvalue weighted by Gasteiger charge is 2.38. The molecule has 1 heterocycles. The van der Waals surface area contributed by atoms with Crippen LogP contribution in [0.3, 0.4) is 0 Å². The van der Waals surface area contributed by atoms with E-state index in [1.165, 1.54) is 5.56 Å². The largest absolute Gasteiger partial charge is 0.370 e. The number of primary amides is 1. The maximum atomic E-state index is 11.0. The van der Waals surface area contributed by atoms with Gasteiger partial charge in [0.15, 0.2) is 0 Å². The minimum Gasteiger partial charge on any atom is -0.370 e. The third kappa shape index (κ3) is 2.77. The molecule has 1 aromatic rings. The van der Waals surface area contributed by atoms with Crippen molar-refractivity contribution < 1.29 is 4.79 Å². The molecule has 0 unspecified atom stereocenters. The van der Waals surface area contributed by atoms with Crippen LogP contribution in [0.25, 0.3) is 0 Å². The Kier molecular flexibility index (Phi) is 3.51. The maximum absolute atomic E-state index is 11.0. The van der Waals surface area contributed by atoms with Crippen molar-refractivity contribution in [3.63, 3.8) is 0 Å². The number of hydrogen-bond donors (Lipinski definition) is 2. The average Bonchev–Trinajstić information content (AvgIpc) is 2.23. The topological polar surface area (TPSA) is 55.1 Å². The van der Waals surface area contributed by atoms with Gasteiger partial charge in [-0.2, -0.15) is 11.8 Å². The fraction of sp³-hybridized carbons (Fsp3) is 0.417. The zero-order chi connectivity index (χ0) is 11.4. The molecule has 1 aliphatic heterocycles. The highest BCUT2D eigenvalue weighted by molar-refractivity contribution is 8.00. The zero-order valence-electron chi connectivity index (χ0n) is 9.11. The van der Waals surface area contributed by atoms with Crippen molar-refractivity contribution in [2.45, 2.75) is 18.5 Å². The fourth-order valence-electron chi connectivity index (χ4n) is 1.83. The Labute approximate surface area is 99.8 Å². The molecule has 0 aromatic heterocycles. The molecule has 0 spiro atoms. The minimum atomic E-state index is -0.221. The molecule has 1 aliphatic rings. The van der Waals surface area contributed by atoms with E-state index in [1.807, 2.05) is 30.0 Å². The number of nitrogens with two attached hydrogens (primary N) is 1. The van der Waals surface area contributed by atoms with Crippen LogP contribution in [0, 0.1) is 0 Å². The quantitative estimate of drug-likeness (QED) is 0.806. The van der Waals surface area contributed by atoms with Crippen LogP contribution in [0.2, 0.25) is 0 Å². The molecule has 0 atom stereocenters. The van der Waals surface area contributed by atoms with E-state index in [4.69, 9.17) is 5.73 Å². The Morgan fingerprint density at radius 2 is 2.06 bits per heavy atom. The molecule has 0 bridgehead atoms. The Bertz CT molecular complexity index is 363. The van der Waals surface area contributed by atoms with E-state index in [0.29, 0.717) is 6.42 Å². The molecule has 0 saturated carbocycles. The fourth-order valence-corrected chi connectivity index (χ4v) is 2.94. The van der Waals surface area contributed by atoms with Gasteiger partial charge in [-0.3, -0.25) is 4.79 Å². The number of carbonyl (C=O) groups is 1. The van der Waals surface area contributed by atoms with Crippen molar-refractivity contribution in [3.05, 3.63) is 35.9 Å². The standard InChI is InChI=1S/C12H16N2OS/c13-11(15)6-12(8-16-9-12)14-7-10-4-2-1-3-5-10/h1-5,14H,6-9H2,(H2,13,15). The molecule has 1 amide bonds. The van der Waals surface area contributed by atoms with Gasteiger partial charge in [0.2, 0.25) is 5.91 Å². The number of carbonyl (C=O) groups excluding carboxylic acids is 1. The van der Waals surface area contributed by atoms with Crippen LogP contribution in [0.15, 0.2) is 30.3 Å². The lowest BCUT2D eigenvalue weighted by Crippen LogP contribution is -2.57. The minimum absolute atomic E-state index is 0.0632. The van der Waals surface area contributed by atoms with Gasteiger partial charge in [0.1, 0.15) is 0 Å². The Hall–Kier alpha value is -1.00. The van der Waals surface area contributed by atoms with Crippen LogP contribution in [0.5, 0.6) is 0 Å². The number of thioether (sulfide) groups is 1. The van der Waals surface area contributed by atoms with E-state index in [2.05, 4.69) is 17.4 Å². The van der Waals surface area contributed by atoms with Crippen LogP contribution < -0.4 is 11.1 Å². The summed E-state index contributed by atoms with van der Waals surface area (Å²) in [5.41, 5.74) is 6.44. The molecular weight excluding hydrogens is 220 g/mol. The SMILES string of the molecule is NC(=O)CC1(NCc2ccccc2)CSC1. The van der Waals surface area contributed by atoms with Gasteiger partial charge in [-0.15, -0.1) is 0 Å². The summed E-state index contributed by atoms with van der Waals surface area (Å²) >= 11 is 1.85. The normalized spacial score (nSPS) is 17.8. The first-order valence-corrected chi connectivity index (χ1v) is 6.51. The summed E-state index contributed by atoms with van der Waals surface area (Å²) in [6.07, 6.45) is 0.437. The van der Waals surface area contributed by atoms with Crippen LogP contribution >= 0.6 is 11.8 Å². The van der Waals surface area contributed by atoms with E-state index >= 15 is 0 Å². The lowest BCUT2D eigenvalue weighted by atomic mass is 9.98. The second-order valence-electron chi connectivity index (χ2n) is 4.26. The van der Waals surface area contributed by atoms with Gasteiger partial charge in [0.25, 0.3) is 0 Å². The Morgan fingerprint density at radius 3 is 2.56 bits per heavy atom. The van der Waals surface area contributed by atoms with E-state index in [-0.39, 0.29) is 11.4 Å². The molecule has 1 aromatic carbocycles. The van der Waals surface area contributed by atoms with Gasteiger partial charge in [-0.25, -0.2) is 0 Å². The van der Waals surface area contributed by atoms with Crippen LogP contribution in [-0.2, 0) is 11.3 Å². The first kappa shape index (κ1) is 11.5. The molecule has 1 fully saturated rings. The summed E-state index contributed by atoms with van der Waals surface area (Å²) in [6.45, 7) is 0.800. The summed E-state index contributed by atoms with van der Waals surface area (Å²) in [6, 6.07) is 10.2. The molecule has 0 aliphatic carbocycles. The van der Waals surface area contributed by atoms with Gasteiger partial charge < -0.3 is 11.1 Å².